The van der Waals surface area contributed by atoms with Gasteiger partial charge in [0.1, 0.15) is 5.75 Å². The number of aryl methyl sites for hydroxylation is 1. The van der Waals surface area contributed by atoms with E-state index < -0.39 is 6.10 Å². The second-order valence-corrected chi connectivity index (χ2v) is 7.69. The Morgan fingerprint density at radius 2 is 2.09 bits per heavy atom. The van der Waals surface area contributed by atoms with Gasteiger partial charge in [0.2, 0.25) is 0 Å². The molecule has 1 atom stereocenters. The molecule has 0 bridgehead atoms. The van der Waals surface area contributed by atoms with Crippen molar-refractivity contribution >= 4 is 17.7 Å². The molecule has 23 heavy (non-hydrogen) atoms. The number of hydrogen-bond donors (Lipinski definition) is 1. The first-order valence-electron chi connectivity index (χ1n) is 8.74. The second-order valence-electron chi connectivity index (χ2n) is 6.28. The van der Waals surface area contributed by atoms with Crippen LogP contribution >= 0.6 is 11.8 Å². The number of carbonyl (C=O) groups is 1. The molecular formula is C19H29NO2S. The minimum atomic E-state index is -0.410. The van der Waals surface area contributed by atoms with Crippen molar-refractivity contribution in [2.75, 3.05) is 12.3 Å². The van der Waals surface area contributed by atoms with Crippen LogP contribution in [0.1, 0.15) is 50.2 Å². The van der Waals surface area contributed by atoms with Gasteiger partial charge in [0.15, 0.2) is 6.10 Å². The SMILES string of the molecule is CC[C@H](Oc1cccc(C)c1C)C(=O)NCCSC1CCCC1. The third-order valence-corrected chi connectivity index (χ3v) is 5.93. The molecule has 0 unspecified atom stereocenters. The molecule has 1 aliphatic carbocycles. The predicted molar refractivity (Wildman–Crippen MR) is 98.3 cm³/mol. The third kappa shape index (κ3) is 5.45. The van der Waals surface area contributed by atoms with Gasteiger partial charge in [0, 0.05) is 17.5 Å². The van der Waals surface area contributed by atoms with Gasteiger partial charge in [-0.15, -0.1) is 0 Å². The first-order valence-corrected chi connectivity index (χ1v) is 9.79. The lowest BCUT2D eigenvalue weighted by Gasteiger charge is -2.19. The van der Waals surface area contributed by atoms with Gasteiger partial charge in [0.25, 0.3) is 5.91 Å². The smallest absolute Gasteiger partial charge is 0.261 e. The van der Waals surface area contributed by atoms with E-state index in [9.17, 15) is 4.79 Å². The molecule has 4 heteroatoms. The summed E-state index contributed by atoms with van der Waals surface area (Å²) < 4.78 is 5.95. The normalized spacial score (nSPS) is 16.3. The van der Waals surface area contributed by atoms with E-state index in [4.69, 9.17) is 4.74 Å². The second kappa shape index (κ2) is 9.21. The maximum absolute atomic E-state index is 12.3. The molecule has 1 fully saturated rings. The number of benzene rings is 1. The molecule has 1 amide bonds. The Bertz CT molecular complexity index is 512. The highest BCUT2D eigenvalue weighted by Crippen LogP contribution is 2.29. The number of ether oxygens (including phenoxy) is 1. The van der Waals surface area contributed by atoms with E-state index >= 15 is 0 Å². The van der Waals surface area contributed by atoms with Gasteiger partial charge in [-0.25, -0.2) is 0 Å². The summed E-state index contributed by atoms with van der Waals surface area (Å²) in [5.41, 5.74) is 2.29. The number of rotatable bonds is 8. The van der Waals surface area contributed by atoms with Crippen LogP contribution in [0.2, 0.25) is 0 Å². The van der Waals surface area contributed by atoms with Crippen molar-refractivity contribution in [1.82, 2.24) is 5.32 Å². The number of amides is 1. The van der Waals surface area contributed by atoms with Crippen LogP contribution in [0.15, 0.2) is 18.2 Å². The van der Waals surface area contributed by atoms with Crippen molar-refractivity contribution in [2.24, 2.45) is 0 Å². The quantitative estimate of drug-likeness (QED) is 0.722. The van der Waals surface area contributed by atoms with Crippen molar-refractivity contribution in [3.63, 3.8) is 0 Å². The average Bonchev–Trinajstić information content (AvgIpc) is 3.06. The Hall–Kier alpha value is -1.16. The molecule has 128 valence electrons. The molecule has 0 saturated heterocycles. The lowest BCUT2D eigenvalue weighted by Crippen LogP contribution is -2.39. The number of carbonyl (C=O) groups excluding carboxylic acids is 1. The van der Waals surface area contributed by atoms with E-state index in [1.54, 1.807) is 0 Å². The van der Waals surface area contributed by atoms with Gasteiger partial charge < -0.3 is 10.1 Å². The Labute approximate surface area is 144 Å². The molecule has 0 spiro atoms. The summed E-state index contributed by atoms with van der Waals surface area (Å²) in [7, 11) is 0. The first kappa shape index (κ1) is 18.2. The summed E-state index contributed by atoms with van der Waals surface area (Å²) in [4.78, 5) is 12.3. The van der Waals surface area contributed by atoms with Crippen LogP contribution < -0.4 is 10.1 Å². The Kier molecular flexibility index (Phi) is 7.28. The molecule has 2 rings (SSSR count). The fourth-order valence-corrected chi connectivity index (χ4v) is 4.12. The summed E-state index contributed by atoms with van der Waals surface area (Å²) >= 11 is 2.00. The standard InChI is InChI=1S/C19H29NO2S/c1-4-17(22-18-11-7-8-14(2)15(18)3)19(21)20-12-13-23-16-9-5-6-10-16/h7-8,11,16-17H,4-6,9-10,12-13H2,1-3H3,(H,20,21)/t17-/m0/s1. The van der Waals surface area contributed by atoms with Gasteiger partial charge >= 0.3 is 0 Å². The fourth-order valence-electron chi connectivity index (χ4n) is 2.90. The van der Waals surface area contributed by atoms with E-state index in [1.807, 2.05) is 37.7 Å². The molecule has 0 aliphatic heterocycles. The summed E-state index contributed by atoms with van der Waals surface area (Å²) in [6, 6.07) is 5.97. The molecule has 0 radical (unpaired) electrons. The van der Waals surface area contributed by atoms with E-state index in [0.29, 0.717) is 6.42 Å². The third-order valence-electron chi connectivity index (χ3n) is 4.54. The zero-order chi connectivity index (χ0) is 16.7. The minimum absolute atomic E-state index is 0.000396. The fraction of sp³-hybridized carbons (Fsp3) is 0.632. The van der Waals surface area contributed by atoms with Crippen LogP contribution in [0.5, 0.6) is 5.75 Å². The van der Waals surface area contributed by atoms with Gasteiger partial charge in [-0.3, -0.25) is 4.79 Å². The summed E-state index contributed by atoms with van der Waals surface area (Å²) in [5, 5.41) is 3.83. The largest absolute Gasteiger partial charge is 0.480 e. The molecule has 3 nitrogen and oxygen atoms in total. The zero-order valence-corrected chi connectivity index (χ0v) is 15.4. The molecule has 1 saturated carbocycles. The van der Waals surface area contributed by atoms with Crippen LogP contribution in [-0.4, -0.2) is 29.6 Å². The molecule has 0 aromatic heterocycles. The van der Waals surface area contributed by atoms with Gasteiger partial charge in [-0.2, -0.15) is 11.8 Å². The highest BCUT2D eigenvalue weighted by molar-refractivity contribution is 7.99. The maximum atomic E-state index is 12.3. The highest BCUT2D eigenvalue weighted by atomic mass is 32.2. The maximum Gasteiger partial charge on any atom is 0.261 e. The number of hydrogen-bond acceptors (Lipinski definition) is 3. The van der Waals surface area contributed by atoms with Crippen molar-refractivity contribution in [2.45, 2.75) is 64.2 Å². The summed E-state index contributed by atoms with van der Waals surface area (Å²) in [6.07, 6.45) is 5.68. The molecular weight excluding hydrogens is 306 g/mol. The Balaban J connectivity index is 1.77. The van der Waals surface area contributed by atoms with Crippen molar-refractivity contribution in [1.29, 1.82) is 0 Å². The molecule has 1 N–H and O–H groups in total. The summed E-state index contributed by atoms with van der Waals surface area (Å²) in [6.45, 7) is 6.81. The summed E-state index contributed by atoms with van der Waals surface area (Å²) in [5.74, 6) is 1.81. The number of thioether (sulfide) groups is 1. The van der Waals surface area contributed by atoms with Gasteiger partial charge in [0.05, 0.1) is 0 Å². The van der Waals surface area contributed by atoms with Crippen molar-refractivity contribution in [3.05, 3.63) is 29.3 Å². The average molecular weight is 336 g/mol. The monoisotopic (exact) mass is 335 g/mol. The molecule has 0 heterocycles. The molecule has 1 aromatic rings. The zero-order valence-electron chi connectivity index (χ0n) is 14.6. The lowest BCUT2D eigenvalue weighted by molar-refractivity contribution is -0.128. The van der Waals surface area contributed by atoms with E-state index in [1.165, 1.54) is 31.2 Å². The number of nitrogens with one attached hydrogen (secondary N) is 1. The van der Waals surface area contributed by atoms with Crippen LogP contribution in [0.3, 0.4) is 0 Å². The van der Waals surface area contributed by atoms with E-state index in [2.05, 4.69) is 18.3 Å². The van der Waals surface area contributed by atoms with Crippen LogP contribution in [0.4, 0.5) is 0 Å². The van der Waals surface area contributed by atoms with Crippen molar-refractivity contribution in [3.8, 4) is 5.75 Å². The van der Waals surface area contributed by atoms with Crippen LogP contribution in [0, 0.1) is 13.8 Å². The van der Waals surface area contributed by atoms with Crippen LogP contribution in [-0.2, 0) is 4.79 Å². The van der Waals surface area contributed by atoms with E-state index in [0.717, 1.165) is 28.9 Å². The molecule has 1 aromatic carbocycles. The lowest BCUT2D eigenvalue weighted by atomic mass is 10.1. The first-order chi connectivity index (χ1) is 11.1. The predicted octanol–water partition coefficient (Wildman–Crippen LogP) is 4.25. The highest BCUT2D eigenvalue weighted by Gasteiger charge is 2.19. The van der Waals surface area contributed by atoms with Crippen LogP contribution in [0.25, 0.3) is 0 Å². The van der Waals surface area contributed by atoms with Gasteiger partial charge in [-0.1, -0.05) is 31.9 Å². The van der Waals surface area contributed by atoms with E-state index in [-0.39, 0.29) is 5.91 Å². The topological polar surface area (TPSA) is 38.3 Å². The Morgan fingerprint density at radius 3 is 2.78 bits per heavy atom. The molecule has 1 aliphatic rings. The Morgan fingerprint density at radius 1 is 1.35 bits per heavy atom. The minimum Gasteiger partial charge on any atom is -0.480 e. The van der Waals surface area contributed by atoms with Crippen molar-refractivity contribution < 1.29 is 9.53 Å². The van der Waals surface area contributed by atoms with Gasteiger partial charge in [-0.05, 0) is 50.3 Å².